The van der Waals surface area contributed by atoms with Gasteiger partial charge in [0.1, 0.15) is 11.5 Å². The second-order valence-electron chi connectivity index (χ2n) is 6.80. The van der Waals surface area contributed by atoms with E-state index in [-0.39, 0.29) is 0 Å². The minimum Gasteiger partial charge on any atom is -0.496 e. The number of hydrogen-bond donors (Lipinski definition) is 0. The molecule has 0 saturated heterocycles. The molecule has 0 aliphatic rings. The van der Waals surface area contributed by atoms with E-state index < -0.39 is 0 Å². The number of aryl methyl sites for hydroxylation is 3. The van der Waals surface area contributed by atoms with Gasteiger partial charge < -0.3 is 9.47 Å². The van der Waals surface area contributed by atoms with Crippen molar-refractivity contribution < 1.29 is 9.47 Å². The standard InChI is InChI=1S/C23H33O2P/c1-6-9-16-14-17(10-7-2)21(18(15-16)11-8-3)22-19(24-4)12-13-20(25-5)23(22)26/h12-15H,6-11,26H2,1-5H3. The van der Waals surface area contributed by atoms with Crippen LogP contribution < -0.4 is 14.8 Å². The topological polar surface area (TPSA) is 18.5 Å². The van der Waals surface area contributed by atoms with Crippen molar-refractivity contribution in [3.05, 3.63) is 41.0 Å². The Balaban J connectivity index is 2.82. The molecule has 0 bridgehead atoms. The third-order valence-corrected chi connectivity index (χ3v) is 5.37. The van der Waals surface area contributed by atoms with Crippen molar-refractivity contribution in [2.24, 2.45) is 0 Å². The Morgan fingerprint density at radius 2 is 1.23 bits per heavy atom. The SMILES string of the molecule is CCCc1cc(CCC)c(-c2c(OC)ccc(OC)c2P)c(CCC)c1. The fraction of sp³-hybridized carbons (Fsp3) is 0.478. The molecular weight excluding hydrogens is 339 g/mol. The van der Waals surface area contributed by atoms with Gasteiger partial charge in [0.05, 0.1) is 14.2 Å². The molecule has 0 amide bonds. The van der Waals surface area contributed by atoms with E-state index in [0.29, 0.717) is 0 Å². The minimum absolute atomic E-state index is 0.883. The maximum atomic E-state index is 5.76. The number of benzene rings is 2. The summed E-state index contributed by atoms with van der Waals surface area (Å²) in [4.78, 5) is 0. The van der Waals surface area contributed by atoms with Crippen LogP contribution in [0.2, 0.25) is 0 Å². The normalized spacial score (nSPS) is 10.8. The second kappa shape index (κ2) is 9.97. The molecule has 1 atom stereocenters. The molecule has 0 saturated carbocycles. The summed E-state index contributed by atoms with van der Waals surface area (Å²) in [5.41, 5.74) is 6.81. The summed E-state index contributed by atoms with van der Waals surface area (Å²) < 4.78 is 11.3. The predicted octanol–water partition coefficient (Wildman–Crippen LogP) is 5.73. The van der Waals surface area contributed by atoms with Gasteiger partial charge in [-0.1, -0.05) is 52.2 Å². The summed E-state index contributed by atoms with van der Waals surface area (Å²) in [6.07, 6.45) is 6.73. The van der Waals surface area contributed by atoms with Crippen LogP contribution in [0.3, 0.4) is 0 Å². The summed E-state index contributed by atoms with van der Waals surface area (Å²) >= 11 is 0. The van der Waals surface area contributed by atoms with Crippen LogP contribution >= 0.6 is 9.24 Å². The molecule has 142 valence electrons. The Morgan fingerprint density at radius 3 is 1.69 bits per heavy atom. The minimum atomic E-state index is 0.883. The lowest BCUT2D eigenvalue weighted by Crippen LogP contribution is -2.09. The Kier molecular flexibility index (Phi) is 7.97. The molecule has 1 unspecified atom stereocenters. The lowest BCUT2D eigenvalue weighted by atomic mass is 9.87. The van der Waals surface area contributed by atoms with Crippen LogP contribution in [-0.4, -0.2) is 14.2 Å². The highest BCUT2D eigenvalue weighted by atomic mass is 31.0. The molecule has 0 radical (unpaired) electrons. The van der Waals surface area contributed by atoms with Gasteiger partial charge in [0.15, 0.2) is 0 Å². The van der Waals surface area contributed by atoms with Gasteiger partial charge in [0.25, 0.3) is 0 Å². The first-order chi connectivity index (χ1) is 12.6. The summed E-state index contributed by atoms with van der Waals surface area (Å²) in [7, 11) is 6.35. The zero-order valence-electron chi connectivity index (χ0n) is 16.9. The van der Waals surface area contributed by atoms with Crippen molar-refractivity contribution in [1.29, 1.82) is 0 Å². The average Bonchev–Trinajstić information content (AvgIpc) is 2.63. The first-order valence-corrected chi connectivity index (χ1v) is 10.3. The van der Waals surface area contributed by atoms with Crippen LogP contribution in [0.15, 0.2) is 24.3 Å². The van der Waals surface area contributed by atoms with Gasteiger partial charge in [-0.2, -0.15) is 0 Å². The van der Waals surface area contributed by atoms with Gasteiger partial charge in [-0.05, 0) is 53.6 Å². The first kappa shape index (κ1) is 20.8. The molecule has 0 fully saturated rings. The zero-order chi connectivity index (χ0) is 19.1. The highest BCUT2D eigenvalue weighted by molar-refractivity contribution is 7.28. The number of hydrogen-bond acceptors (Lipinski definition) is 2. The third kappa shape index (κ3) is 4.41. The van der Waals surface area contributed by atoms with E-state index in [4.69, 9.17) is 9.47 Å². The molecule has 0 heterocycles. The summed E-state index contributed by atoms with van der Waals surface area (Å²) in [5.74, 6) is 1.79. The monoisotopic (exact) mass is 372 g/mol. The quantitative estimate of drug-likeness (QED) is 0.524. The van der Waals surface area contributed by atoms with E-state index in [0.717, 1.165) is 54.5 Å². The summed E-state index contributed by atoms with van der Waals surface area (Å²) in [6, 6.07) is 8.82. The maximum Gasteiger partial charge on any atom is 0.127 e. The molecule has 0 N–H and O–H groups in total. The smallest absolute Gasteiger partial charge is 0.127 e. The zero-order valence-corrected chi connectivity index (χ0v) is 18.1. The van der Waals surface area contributed by atoms with Crippen LogP contribution in [0, 0.1) is 0 Å². The molecule has 0 spiro atoms. The highest BCUT2D eigenvalue weighted by Gasteiger charge is 2.20. The molecule has 2 aromatic rings. The Labute approximate surface area is 161 Å². The molecule has 26 heavy (non-hydrogen) atoms. The lowest BCUT2D eigenvalue weighted by molar-refractivity contribution is 0.407. The highest BCUT2D eigenvalue weighted by Crippen LogP contribution is 2.39. The molecule has 2 aromatic carbocycles. The van der Waals surface area contributed by atoms with E-state index in [9.17, 15) is 0 Å². The van der Waals surface area contributed by atoms with Gasteiger partial charge in [-0.25, -0.2) is 0 Å². The van der Waals surface area contributed by atoms with Gasteiger partial charge in [0.2, 0.25) is 0 Å². The Morgan fingerprint density at radius 1 is 0.731 bits per heavy atom. The van der Waals surface area contributed by atoms with Crippen molar-refractivity contribution in [1.82, 2.24) is 0 Å². The van der Waals surface area contributed by atoms with E-state index in [2.05, 4.69) is 42.1 Å². The molecule has 3 heteroatoms. The number of methoxy groups -OCH3 is 2. The van der Waals surface area contributed by atoms with Crippen LogP contribution in [0.4, 0.5) is 0 Å². The second-order valence-corrected chi connectivity index (χ2v) is 7.38. The largest absolute Gasteiger partial charge is 0.496 e. The van der Waals surface area contributed by atoms with Crippen molar-refractivity contribution in [3.63, 3.8) is 0 Å². The van der Waals surface area contributed by atoms with Crippen LogP contribution in [0.5, 0.6) is 11.5 Å². The average molecular weight is 372 g/mol. The molecule has 2 rings (SSSR count). The number of rotatable bonds is 9. The Hall–Kier alpha value is -1.53. The lowest BCUT2D eigenvalue weighted by Gasteiger charge is -2.22. The van der Waals surface area contributed by atoms with Gasteiger partial charge in [-0.15, -0.1) is 9.24 Å². The van der Waals surface area contributed by atoms with Crippen molar-refractivity contribution in [2.45, 2.75) is 59.3 Å². The van der Waals surface area contributed by atoms with E-state index in [1.54, 1.807) is 14.2 Å². The van der Waals surface area contributed by atoms with Crippen LogP contribution in [0.25, 0.3) is 11.1 Å². The fourth-order valence-corrected chi connectivity index (χ4v) is 4.21. The number of ether oxygens (including phenoxy) is 2. The van der Waals surface area contributed by atoms with Gasteiger partial charge >= 0.3 is 0 Å². The van der Waals surface area contributed by atoms with Gasteiger partial charge in [0, 0.05) is 10.9 Å². The molecule has 0 aliphatic heterocycles. The molecule has 0 aliphatic carbocycles. The summed E-state index contributed by atoms with van der Waals surface area (Å²) in [5, 5.41) is 1.07. The maximum absolute atomic E-state index is 5.76. The van der Waals surface area contributed by atoms with E-state index in [1.165, 1.54) is 28.7 Å². The first-order valence-electron chi connectivity index (χ1n) is 9.76. The van der Waals surface area contributed by atoms with E-state index in [1.807, 2.05) is 12.1 Å². The van der Waals surface area contributed by atoms with Crippen LogP contribution in [-0.2, 0) is 19.3 Å². The van der Waals surface area contributed by atoms with Crippen molar-refractivity contribution in [3.8, 4) is 22.6 Å². The predicted molar refractivity (Wildman–Crippen MR) is 116 cm³/mol. The Bertz CT molecular complexity index is 710. The third-order valence-electron chi connectivity index (χ3n) is 4.80. The fourth-order valence-electron chi connectivity index (χ4n) is 3.71. The summed E-state index contributed by atoms with van der Waals surface area (Å²) in [6.45, 7) is 6.75. The van der Waals surface area contributed by atoms with Crippen molar-refractivity contribution >= 4 is 14.5 Å². The van der Waals surface area contributed by atoms with E-state index >= 15 is 0 Å². The molecule has 0 aromatic heterocycles. The van der Waals surface area contributed by atoms with Crippen molar-refractivity contribution in [2.75, 3.05) is 14.2 Å². The van der Waals surface area contributed by atoms with Gasteiger partial charge in [-0.3, -0.25) is 0 Å². The molecular formula is C23H33O2P. The molecule has 2 nitrogen and oxygen atoms in total. The van der Waals surface area contributed by atoms with Crippen LogP contribution in [0.1, 0.15) is 56.7 Å².